The fraction of sp³-hybridized carbons (Fsp3) is 0.476. The lowest BCUT2D eigenvalue weighted by Gasteiger charge is -2.32. The van der Waals surface area contributed by atoms with Crippen LogP contribution in [0.4, 0.5) is 0 Å². The molecule has 0 fully saturated rings. The van der Waals surface area contributed by atoms with Gasteiger partial charge in [-0.15, -0.1) is 0 Å². The van der Waals surface area contributed by atoms with E-state index in [-0.39, 0.29) is 24.7 Å². The SMILES string of the molecule is CCOC(=O)C1=C(C(CC)C(=O)OCC)CCN(Cc2ccccc2)C1=O. The van der Waals surface area contributed by atoms with Crippen molar-refractivity contribution < 1.29 is 23.9 Å². The monoisotopic (exact) mass is 373 g/mol. The van der Waals surface area contributed by atoms with Crippen molar-refractivity contribution in [3.05, 3.63) is 47.0 Å². The number of carbonyl (C=O) groups is 3. The van der Waals surface area contributed by atoms with Crippen LogP contribution in [0.5, 0.6) is 0 Å². The lowest BCUT2D eigenvalue weighted by atomic mass is 9.86. The van der Waals surface area contributed by atoms with Crippen LogP contribution < -0.4 is 0 Å². The molecule has 6 nitrogen and oxygen atoms in total. The minimum absolute atomic E-state index is 0.0149. The van der Waals surface area contributed by atoms with Crippen molar-refractivity contribution >= 4 is 17.8 Å². The fourth-order valence-corrected chi connectivity index (χ4v) is 3.30. The van der Waals surface area contributed by atoms with Gasteiger partial charge in [0.2, 0.25) is 0 Å². The Morgan fingerprint density at radius 3 is 2.33 bits per heavy atom. The number of esters is 2. The Balaban J connectivity index is 2.36. The van der Waals surface area contributed by atoms with E-state index in [9.17, 15) is 14.4 Å². The molecule has 0 saturated carbocycles. The number of hydrogen-bond acceptors (Lipinski definition) is 5. The van der Waals surface area contributed by atoms with E-state index in [2.05, 4.69) is 0 Å². The molecule has 1 amide bonds. The molecular weight excluding hydrogens is 346 g/mol. The maximum Gasteiger partial charge on any atom is 0.343 e. The molecule has 0 radical (unpaired) electrons. The molecule has 27 heavy (non-hydrogen) atoms. The molecule has 1 aliphatic heterocycles. The summed E-state index contributed by atoms with van der Waals surface area (Å²) < 4.78 is 10.3. The molecule has 0 bridgehead atoms. The molecule has 2 rings (SSSR count). The van der Waals surface area contributed by atoms with E-state index in [0.29, 0.717) is 31.5 Å². The molecule has 0 spiro atoms. The Labute approximate surface area is 160 Å². The van der Waals surface area contributed by atoms with Gasteiger partial charge >= 0.3 is 11.9 Å². The first-order valence-electron chi connectivity index (χ1n) is 9.43. The van der Waals surface area contributed by atoms with Gasteiger partial charge in [0, 0.05) is 13.1 Å². The molecular formula is C21H27NO5. The van der Waals surface area contributed by atoms with E-state index < -0.39 is 17.9 Å². The number of rotatable bonds is 8. The van der Waals surface area contributed by atoms with E-state index in [1.54, 1.807) is 18.7 Å². The van der Waals surface area contributed by atoms with Crippen molar-refractivity contribution in [2.45, 2.75) is 40.2 Å². The third kappa shape index (κ3) is 4.96. The van der Waals surface area contributed by atoms with E-state index >= 15 is 0 Å². The molecule has 0 N–H and O–H groups in total. The van der Waals surface area contributed by atoms with Gasteiger partial charge in [-0.1, -0.05) is 37.3 Å². The van der Waals surface area contributed by atoms with Gasteiger partial charge < -0.3 is 14.4 Å². The lowest BCUT2D eigenvalue weighted by molar-refractivity contribution is -0.147. The summed E-state index contributed by atoms with van der Waals surface area (Å²) in [4.78, 5) is 39.6. The summed E-state index contributed by atoms with van der Waals surface area (Å²) in [7, 11) is 0. The second-order valence-electron chi connectivity index (χ2n) is 6.30. The molecule has 0 aromatic heterocycles. The average molecular weight is 373 g/mol. The van der Waals surface area contributed by atoms with Crippen LogP contribution in [-0.2, 0) is 30.4 Å². The minimum Gasteiger partial charge on any atom is -0.466 e. The Morgan fingerprint density at radius 1 is 1.07 bits per heavy atom. The summed E-state index contributed by atoms with van der Waals surface area (Å²) in [5, 5.41) is 0. The summed E-state index contributed by atoms with van der Waals surface area (Å²) in [6.07, 6.45) is 0.910. The summed E-state index contributed by atoms with van der Waals surface area (Å²) in [6, 6.07) is 9.60. The summed E-state index contributed by atoms with van der Waals surface area (Å²) in [6.45, 7) is 6.55. The van der Waals surface area contributed by atoms with Crippen LogP contribution in [0.1, 0.15) is 39.2 Å². The third-order valence-corrected chi connectivity index (χ3v) is 4.57. The number of ether oxygens (including phenoxy) is 2. The van der Waals surface area contributed by atoms with Gasteiger partial charge in [0.25, 0.3) is 5.91 Å². The number of carbonyl (C=O) groups excluding carboxylic acids is 3. The lowest BCUT2D eigenvalue weighted by Crippen LogP contribution is -2.41. The zero-order chi connectivity index (χ0) is 19.8. The fourth-order valence-electron chi connectivity index (χ4n) is 3.30. The molecule has 0 saturated heterocycles. The highest BCUT2D eigenvalue weighted by Gasteiger charge is 2.37. The molecule has 1 unspecified atom stereocenters. The van der Waals surface area contributed by atoms with Crippen molar-refractivity contribution in [2.24, 2.45) is 5.92 Å². The highest BCUT2D eigenvalue weighted by molar-refractivity contribution is 6.18. The van der Waals surface area contributed by atoms with Gasteiger partial charge in [0.15, 0.2) is 0 Å². The van der Waals surface area contributed by atoms with E-state index in [1.165, 1.54) is 0 Å². The topological polar surface area (TPSA) is 72.9 Å². The number of amides is 1. The number of hydrogen-bond donors (Lipinski definition) is 0. The normalized spacial score (nSPS) is 15.5. The molecule has 1 atom stereocenters. The van der Waals surface area contributed by atoms with E-state index in [1.807, 2.05) is 37.3 Å². The quantitative estimate of drug-likeness (QED) is 0.517. The van der Waals surface area contributed by atoms with Gasteiger partial charge in [0.1, 0.15) is 5.57 Å². The van der Waals surface area contributed by atoms with Crippen LogP contribution in [0.25, 0.3) is 0 Å². The van der Waals surface area contributed by atoms with Crippen LogP contribution in [0, 0.1) is 5.92 Å². The van der Waals surface area contributed by atoms with Gasteiger partial charge in [-0.05, 0) is 37.8 Å². The molecule has 1 aliphatic rings. The predicted octanol–water partition coefficient (Wildman–Crippen LogP) is 2.87. The zero-order valence-electron chi connectivity index (χ0n) is 16.2. The summed E-state index contributed by atoms with van der Waals surface area (Å²) >= 11 is 0. The van der Waals surface area contributed by atoms with Gasteiger partial charge in [-0.3, -0.25) is 9.59 Å². The highest BCUT2D eigenvalue weighted by Crippen LogP contribution is 2.30. The van der Waals surface area contributed by atoms with Crippen molar-refractivity contribution in [3.8, 4) is 0 Å². The molecule has 0 aliphatic carbocycles. The van der Waals surface area contributed by atoms with Gasteiger partial charge in [-0.25, -0.2) is 4.79 Å². The van der Waals surface area contributed by atoms with E-state index in [0.717, 1.165) is 5.56 Å². The maximum absolute atomic E-state index is 13.1. The molecule has 1 aromatic carbocycles. The first-order chi connectivity index (χ1) is 13.0. The van der Waals surface area contributed by atoms with Crippen LogP contribution in [0.3, 0.4) is 0 Å². The molecule has 146 valence electrons. The van der Waals surface area contributed by atoms with Crippen molar-refractivity contribution in [1.82, 2.24) is 4.90 Å². The van der Waals surface area contributed by atoms with Crippen LogP contribution in [0.2, 0.25) is 0 Å². The minimum atomic E-state index is -0.669. The largest absolute Gasteiger partial charge is 0.466 e. The Kier molecular flexibility index (Phi) is 7.58. The van der Waals surface area contributed by atoms with Gasteiger partial charge in [-0.2, -0.15) is 0 Å². The Morgan fingerprint density at radius 2 is 1.74 bits per heavy atom. The second kappa shape index (κ2) is 9.90. The van der Waals surface area contributed by atoms with Crippen LogP contribution in [0.15, 0.2) is 41.5 Å². The summed E-state index contributed by atoms with van der Waals surface area (Å²) in [5.41, 5.74) is 1.50. The zero-order valence-corrected chi connectivity index (χ0v) is 16.2. The van der Waals surface area contributed by atoms with Crippen molar-refractivity contribution in [1.29, 1.82) is 0 Å². The second-order valence-corrected chi connectivity index (χ2v) is 6.30. The van der Waals surface area contributed by atoms with Crippen LogP contribution in [-0.4, -0.2) is 42.5 Å². The smallest absolute Gasteiger partial charge is 0.343 e. The Hall–Kier alpha value is -2.63. The third-order valence-electron chi connectivity index (χ3n) is 4.57. The highest BCUT2D eigenvalue weighted by atomic mass is 16.5. The molecule has 6 heteroatoms. The van der Waals surface area contributed by atoms with Crippen molar-refractivity contribution in [3.63, 3.8) is 0 Å². The summed E-state index contributed by atoms with van der Waals surface area (Å²) in [5.74, 6) is -2.06. The van der Waals surface area contributed by atoms with Crippen molar-refractivity contribution in [2.75, 3.05) is 19.8 Å². The van der Waals surface area contributed by atoms with E-state index in [4.69, 9.17) is 9.47 Å². The Bertz CT molecular complexity index is 711. The predicted molar refractivity (Wildman–Crippen MR) is 101 cm³/mol. The average Bonchev–Trinajstić information content (AvgIpc) is 2.66. The first kappa shape index (κ1) is 20.7. The van der Waals surface area contributed by atoms with Crippen LogP contribution >= 0.6 is 0 Å². The number of nitrogens with zero attached hydrogens (tertiary/aromatic N) is 1. The molecule has 1 heterocycles. The van der Waals surface area contributed by atoms with Gasteiger partial charge in [0.05, 0.1) is 19.1 Å². The maximum atomic E-state index is 13.1. The standard InChI is InChI=1S/C21H27NO5/c1-4-16(20(24)26-5-2)17-12-13-22(14-15-10-8-7-9-11-15)19(23)18(17)21(25)27-6-3/h7-11,16H,4-6,12-14H2,1-3H3. The molecule has 1 aromatic rings. The first-order valence-corrected chi connectivity index (χ1v) is 9.43. The number of benzene rings is 1.